The van der Waals surface area contributed by atoms with E-state index < -0.39 is 6.09 Å². The summed E-state index contributed by atoms with van der Waals surface area (Å²) in [6.07, 6.45) is 3.52. The maximum Gasteiger partial charge on any atom is 0.414 e. The molecule has 0 saturated carbocycles. The molecule has 1 aromatic rings. The van der Waals surface area contributed by atoms with Crippen LogP contribution < -0.4 is 9.47 Å². The van der Waals surface area contributed by atoms with Gasteiger partial charge in [0, 0.05) is 25.7 Å². The van der Waals surface area contributed by atoms with Crippen LogP contribution in [0.4, 0.5) is 4.79 Å². The Morgan fingerprint density at radius 3 is 3.00 bits per heavy atom. The van der Waals surface area contributed by atoms with Gasteiger partial charge in [-0.05, 0) is 18.2 Å². The van der Waals surface area contributed by atoms with Crippen LogP contribution in [-0.2, 0) is 0 Å². The Morgan fingerprint density at radius 1 is 1.44 bits per heavy atom. The molecular weight excluding hydrogens is 206 g/mol. The maximum atomic E-state index is 11.3. The smallest absolute Gasteiger partial charge is 0.414 e. The van der Waals surface area contributed by atoms with Crippen LogP contribution in [-0.4, -0.2) is 31.7 Å². The topological polar surface area (TPSA) is 38.8 Å². The van der Waals surface area contributed by atoms with Crippen molar-refractivity contribution in [3.63, 3.8) is 0 Å². The van der Waals surface area contributed by atoms with E-state index in [4.69, 9.17) is 9.47 Å². The van der Waals surface area contributed by atoms with Crippen molar-refractivity contribution in [2.45, 2.75) is 0 Å². The Morgan fingerprint density at radius 2 is 2.25 bits per heavy atom. The van der Waals surface area contributed by atoms with Crippen LogP contribution >= 0.6 is 0 Å². The molecule has 1 aliphatic rings. The van der Waals surface area contributed by atoms with Gasteiger partial charge in [0.05, 0.1) is 0 Å². The zero-order valence-electron chi connectivity index (χ0n) is 9.27. The van der Waals surface area contributed by atoms with E-state index in [-0.39, 0.29) is 0 Å². The van der Waals surface area contributed by atoms with Gasteiger partial charge in [-0.2, -0.15) is 0 Å². The molecule has 0 atom stereocenters. The summed E-state index contributed by atoms with van der Waals surface area (Å²) in [6.45, 7) is 0.554. The average Bonchev–Trinajstić information content (AvgIpc) is 2.28. The van der Waals surface area contributed by atoms with E-state index >= 15 is 0 Å². The van der Waals surface area contributed by atoms with Crippen molar-refractivity contribution in [1.82, 2.24) is 4.90 Å². The van der Waals surface area contributed by atoms with E-state index in [0.29, 0.717) is 12.4 Å². The summed E-state index contributed by atoms with van der Waals surface area (Å²) in [5.41, 5.74) is 0.996. The van der Waals surface area contributed by atoms with E-state index in [9.17, 15) is 4.79 Å². The van der Waals surface area contributed by atoms with Crippen molar-refractivity contribution >= 4 is 12.2 Å². The van der Waals surface area contributed by atoms with Gasteiger partial charge >= 0.3 is 6.09 Å². The van der Waals surface area contributed by atoms with Crippen LogP contribution in [0.3, 0.4) is 0 Å². The predicted octanol–water partition coefficient (Wildman–Crippen LogP) is 2.15. The highest BCUT2D eigenvalue weighted by molar-refractivity contribution is 5.71. The first-order chi connectivity index (χ1) is 7.66. The quantitative estimate of drug-likeness (QED) is 0.726. The van der Waals surface area contributed by atoms with Crippen molar-refractivity contribution in [2.24, 2.45) is 0 Å². The van der Waals surface area contributed by atoms with E-state index in [1.807, 2.05) is 18.2 Å². The second-order valence-corrected chi connectivity index (χ2v) is 3.68. The van der Waals surface area contributed by atoms with Crippen molar-refractivity contribution < 1.29 is 14.3 Å². The number of carbonyl (C=O) groups excluding carboxylic acids is 1. The third kappa shape index (κ3) is 2.16. The molecule has 1 aromatic carbocycles. The number of rotatable bonds is 1. The standard InChI is InChI=1S/C12H13NO3/c1-13(2)12(14)16-10-6-5-9-4-3-7-15-11(9)8-10/h3-6,8H,7H2,1-2H3. The minimum Gasteiger partial charge on any atom is -0.489 e. The van der Waals surface area contributed by atoms with Crippen molar-refractivity contribution in [3.8, 4) is 11.5 Å². The monoisotopic (exact) mass is 219 g/mol. The molecule has 0 saturated heterocycles. The Kier molecular flexibility index (Phi) is 2.81. The first-order valence-corrected chi connectivity index (χ1v) is 4.99. The van der Waals surface area contributed by atoms with Gasteiger partial charge in [0.25, 0.3) is 0 Å². The summed E-state index contributed by atoms with van der Waals surface area (Å²) < 4.78 is 10.5. The molecule has 0 fully saturated rings. The van der Waals surface area contributed by atoms with Gasteiger partial charge in [0.1, 0.15) is 18.1 Å². The highest BCUT2D eigenvalue weighted by Crippen LogP contribution is 2.28. The van der Waals surface area contributed by atoms with Crippen molar-refractivity contribution in [2.75, 3.05) is 20.7 Å². The number of ether oxygens (including phenoxy) is 2. The van der Waals surface area contributed by atoms with Crippen molar-refractivity contribution in [1.29, 1.82) is 0 Å². The highest BCUT2D eigenvalue weighted by atomic mass is 16.6. The van der Waals surface area contributed by atoms with Gasteiger partial charge in [0.15, 0.2) is 0 Å². The van der Waals surface area contributed by atoms with Gasteiger partial charge in [0.2, 0.25) is 0 Å². The molecule has 16 heavy (non-hydrogen) atoms. The molecule has 0 spiro atoms. The maximum absolute atomic E-state index is 11.3. The molecule has 4 nitrogen and oxygen atoms in total. The van der Waals surface area contributed by atoms with Crippen LogP contribution in [0.2, 0.25) is 0 Å². The molecule has 1 aliphatic heterocycles. The zero-order chi connectivity index (χ0) is 11.5. The predicted molar refractivity (Wildman–Crippen MR) is 60.7 cm³/mol. The number of fused-ring (bicyclic) bond motifs is 1. The van der Waals surface area contributed by atoms with E-state index in [0.717, 1.165) is 11.3 Å². The molecule has 2 rings (SSSR count). The van der Waals surface area contributed by atoms with Crippen LogP contribution in [0.1, 0.15) is 5.56 Å². The second kappa shape index (κ2) is 4.26. The van der Waals surface area contributed by atoms with E-state index in [1.165, 1.54) is 4.90 Å². The zero-order valence-corrected chi connectivity index (χ0v) is 9.27. The van der Waals surface area contributed by atoms with E-state index in [1.54, 1.807) is 26.2 Å². The number of benzene rings is 1. The minimum atomic E-state index is -0.397. The van der Waals surface area contributed by atoms with Gasteiger partial charge in [-0.3, -0.25) is 0 Å². The lowest BCUT2D eigenvalue weighted by Crippen LogP contribution is -2.25. The third-order valence-electron chi connectivity index (χ3n) is 2.19. The SMILES string of the molecule is CN(C)C(=O)Oc1ccc2c(c1)OCC=C2. The normalized spacial score (nSPS) is 12.6. The number of carbonyl (C=O) groups is 1. The lowest BCUT2D eigenvalue weighted by Gasteiger charge is -2.15. The summed E-state index contributed by atoms with van der Waals surface area (Å²) in [6, 6.07) is 5.34. The Labute approximate surface area is 94.1 Å². The molecule has 0 radical (unpaired) electrons. The number of amides is 1. The average molecular weight is 219 g/mol. The summed E-state index contributed by atoms with van der Waals surface area (Å²) in [4.78, 5) is 12.7. The lowest BCUT2D eigenvalue weighted by molar-refractivity contribution is 0.171. The Balaban J connectivity index is 2.18. The van der Waals surface area contributed by atoms with Gasteiger partial charge in [-0.1, -0.05) is 6.08 Å². The molecule has 0 N–H and O–H groups in total. The molecule has 0 unspecified atom stereocenters. The molecule has 4 heteroatoms. The molecule has 1 amide bonds. The summed E-state index contributed by atoms with van der Waals surface area (Å²) >= 11 is 0. The molecule has 84 valence electrons. The number of hydrogen-bond donors (Lipinski definition) is 0. The first-order valence-electron chi connectivity index (χ1n) is 4.99. The van der Waals surface area contributed by atoms with Crippen molar-refractivity contribution in [3.05, 3.63) is 29.8 Å². The highest BCUT2D eigenvalue weighted by Gasteiger charge is 2.10. The molecule has 1 heterocycles. The lowest BCUT2D eigenvalue weighted by atomic mass is 10.1. The fraction of sp³-hybridized carbons (Fsp3) is 0.250. The van der Waals surface area contributed by atoms with Crippen LogP contribution in [0.15, 0.2) is 24.3 Å². The second-order valence-electron chi connectivity index (χ2n) is 3.68. The molecule has 0 aliphatic carbocycles. The van der Waals surface area contributed by atoms with Gasteiger partial charge < -0.3 is 14.4 Å². The van der Waals surface area contributed by atoms with Crippen LogP contribution in [0, 0.1) is 0 Å². The first kappa shape index (κ1) is 10.5. The summed E-state index contributed by atoms with van der Waals surface area (Å²) in [5, 5.41) is 0. The number of nitrogens with zero attached hydrogens (tertiary/aromatic N) is 1. The van der Waals surface area contributed by atoms with Gasteiger partial charge in [-0.15, -0.1) is 0 Å². The largest absolute Gasteiger partial charge is 0.489 e. The molecule has 0 bridgehead atoms. The summed E-state index contributed by atoms with van der Waals surface area (Å²) in [7, 11) is 3.28. The van der Waals surface area contributed by atoms with Crippen LogP contribution in [0.5, 0.6) is 11.5 Å². The molecule has 0 aromatic heterocycles. The molecular formula is C12H13NO3. The fourth-order valence-corrected chi connectivity index (χ4v) is 1.35. The Bertz CT molecular complexity index is 438. The minimum absolute atomic E-state index is 0.397. The van der Waals surface area contributed by atoms with Crippen LogP contribution in [0.25, 0.3) is 6.08 Å². The fourth-order valence-electron chi connectivity index (χ4n) is 1.35. The number of hydrogen-bond acceptors (Lipinski definition) is 3. The van der Waals surface area contributed by atoms with Gasteiger partial charge in [-0.25, -0.2) is 4.79 Å². The van der Waals surface area contributed by atoms with E-state index in [2.05, 4.69) is 0 Å². The Hall–Kier alpha value is -1.97. The summed E-state index contributed by atoms with van der Waals surface area (Å²) in [5.74, 6) is 1.24. The third-order valence-corrected chi connectivity index (χ3v) is 2.19.